The Balaban J connectivity index is 0.000000148. The predicted octanol–water partition coefficient (Wildman–Crippen LogP) is 12.9. The zero-order valence-electron chi connectivity index (χ0n) is 47.8. The van der Waals surface area contributed by atoms with Crippen molar-refractivity contribution in [1.29, 1.82) is 0 Å². The van der Waals surface area contributed by atoms with E-state index in [4.69, 9.17) is 10.3 Å². The van der Waals surface area contributed by atoms with Crippen LogP contribution >= 0.6 is 0 Å². The summed E-state index contributed by atoms with van der Waals surface area (Å²) in [5.41, 5.74) is 10.5. The van der Waals surface area contributed by atoms with Crippen molar-refractivity contribution in [2.24, 2.45) is 10.3 Å². The zero-order chi connectivity index (χ0) is 63.3. The maximum atomic E-state index is 13.3. The van der Waals surface area contributed by atoms with Crippen molar-refractivity contribution in [1.82, 2.24) is 34.2 Å². The fourth-order valence-corrected chi connectivity index (χ4v) is 12.8. The Morgan fingerprint density at radius 2 is 0.753 bits per heavy atom. The van der Waals surface area contributed by atoms with Gasteiger partial charge < -0.3 is 15.0 Å². The van der Waals surface area contributed by atoms with E-state index in [0.29, 0.717) is 70.7 Å². The molecular formula is C66H58F5N9O6S3. The van der Waals surface area contributed by atoms with E-state index in [1.807, 2.05) is 54.6 Å². The highest BCUT2D eigenvalue weighted by molar-refractivity contribution is 7.89. The minimum absolute atomic E-state index is 0.0484. The molecule has 0 aliphatic carbocycles. The molecule has 456 valence electrons. The number of aromatic amines is 3. The molecule has 0 amide bonds. The number of alkyl halides is 3. The number of rotatable bonds is 16. The molecule has 23 heteroatoms. The van der Waals surface area contributed by atoms with Crippen LogP contribution in [0, 0.1) is 11.6 Å². The monoisotopic (exact) mass is 1260 g/mol. The zero-order valence-corrected chi connectivity index (χ0v) is 50.3. The molecule has 0 saturated heterocycles. The molecule has 0 saturated carbocycles. The number of imidazole rings is 3. The lowest BCUT2D eigenvalue weighted by Gasteiger charge is -2.15. The van der Waals surface area contributed by atoms with Gasteiger partial charge in [0.1, 0.15) is 29.1 Å². The van der Waals surface area contributed by atoms with Gasteiger partial charge in [0.05, 0.1) is 53.4 Å². The van der Waals surface area contributed by atoms with Crippen molar-refractivity contribution in [2.75, 3.05) is 14.1 Å². The Morgan fingerprint density at radius 1 is 0.404 bits per heavy atom. The van der Waals surface area contributed by atoms with Crippen LogP contribution < -0.4 is 10.3 Å². The Bertz CT molecular complexity index is 4860. The van der Waals surface area contributed by atoms with E-state index >= 15 is 0 Å². The van der Waals surface area contributed by atoms with Crippen molar-refractivity contribution < 1.29 is 47.2 Å². The van der Waals surface area contributed by atoms with Crippen LogP contribution in [0.4, 0.5) is 22.0 Å². The first-order chi connectivity index (χ1) is 42.3. The Morgan fingerprint density at radius 3 is 1.13 bits per heavy atom. The van der Waals surface area contributed by atoms with Crippen molar-refractivity contribution in [3.63, 3.8) is 0 Å². The van der Waals surface area contributed by atoms with E-state index in [9.17, 15) is 47.2 Å². The molecule has 0 radical (unpaired) electrons. The van der Waals surface area contributed by atoms with Gasteiger partial charge in [-0.1, -0.05) is 115 Å². The number of aryl methyl sites for hydroxylation is 6. The minimum Gasteiger partial charge on any atom is -0.342 e. The summed E-state index contributed by atoms with van der Waals surface area (Å²) in [5, 5.41) is 10.7. The topological polar surface area (TPSA) is 244 Å². The smallest absolute Gasteiger partial charge is 0.342 e. The lowest BCUT2D eigenvalue weighted by Crippen LogP contribution is -2.22. The molecule has 9 aromatic carbocycles. The number of H-pyrrole nitrogens is 3. The number of nitrogens with zero attached hydrogens (tertiary/aromatic N) is 4. The maximum Gasteiger partial charge on any atom is 0.416 e. The molecule has 3 heterocycles. The molecule has 0 aliphatic rings. The number of sulfonamides is 3. The summed E-state index contributed by atoms with van der Waals surface area (Å²) in [6.07, 6.45) is -0.672. The van der Waals surface area contributed by atoms with Crippen LogP contribution in [0.15, 0.2) is 215 Å². The Hall–Kier alpha value is -9.23. The number of primary sulfonamides is 2. The summed E-state index contributed by atoms with van der Waals surface area (Å²) in [4.78, 5) is 23.8. The number of aromatic nitrogens is 6. The lowest BCUT2D eigenvalue weighted by molar-refractivity contribution is -0.137. The van der Waals surface area contributed by atoms with Crippen molar-refractivity contribution in [3.8, 4) is 33.4 Å². The average molecular weight is 1260 g/mol. The maximum absolute atomic E-state index is 13.3. The van der Waals surface area contributed by atoms with Crippen LogP contribution in [0.3, 0.4) is 0 Å². The van der Waals surface area contributed by atoms with Gasteiger partial charge in [0, 0.05) is 56.1 Å². The SMILES string of the molecule is CN(C)S(=O)(=O)c1ccccc1-c1ccc2nc(CCc3ccc(C(F)(F)F)cc3)[nH]c2c1.NS(=O)(=O)c1ccccc1-c1ccc2nc(CCc3cc(F)cc(F)c3)[nH]c2c1.NS(=O)(=O)c1ccccc1-c1ccc2nc(CCc3ccccc3)[nH]c2c1. The third kappa shape index (κ3) is 15.4. The number of hydrogen-bond donors (Lipinski definition) is 5. The van der Waals surface area contributed by atoms with Crippen LogP contribution in [0.5, 0.6) is 0 Å². The highest BCUT2D eigenvalue weighted by Gasteiger charge is 2.30. The van der Waals surface area contributed by atoms with E-state index in [-0.39, 0.29) is 14.7 Å². The number of halogens is 5. The van der Waals surface area contributed by atoms with Crippen LogP contribution in [-0.4, -0.2) is 73.6 Å². The summed E-state index contributed by atoms with van der Waals surface area (Å²) < 4.78 is 139. The first kappa shape index (κ1) is 62.8. The van der Waals surface area contributed by atoms with Crippen LogP contribution in [0.1, 0.15) is 39.7 Å². The molecule has 7 N–H and O–H groups in total. The van der Waals surface area contributed by atoms with Crippen molar-refractivity contribution >= 4 is 63.2 Å². The molecule has 15 nitrogen and oxygen atoms in total. The molecular weight excluding hydrogens is 1210 g/mol. The normalized spacial score (nSPS) is 12.1. The van der Waals surface area contributed by atoms with Gasteiger partial charge in [0.15, 0.2) is 0 Å². The van der Waals surface area contributed by atoms with Crippen LogP contribution in [-0.2, 0) is 74.8 Å². The predicted molar refractivity (Wildman–Crippen MR) is 335 cm³/mol. The molecule has 89 heavy (non-hydrogen) atoms. The van der Waals surface area contributed by atoms with Crippen LogP contribution in [0.2, 0.25) is 0 Å². The first-order valence-electron chi connectivity index (χ1n) is 27.7. The molecule has 0 atom stereocenters. The number of fused-ring (bicyclic) bond motifs is 3. The number of nitrogens with one attached hydrogen (secondary N) is 3. The number of hydrogen-bond acceptors (Lipinski definition) is 9. The Labute approximate surface area is 510 Å². The van der Waals surface area contributed by atoms with Crippen LogP contribution in [0.25, 0.3) is 66.5 Å². The van der Waals surface area contributed by atoms with E-state index in [1.165, 1.54) is 60.4 Å². The highest BCUT2D eigenvalue weighted by Crippen LogP contribution is 2.34. The molecule has 3 aromatic heterocycles. The Kier molecular flexibility index (Phi) is 18.5. The fourth-order valence-electron chi connectivity index (χ4n) is 10.1. The largest absolute Gasteiger partial charge is 0.416 e. The van der Waals surface area contributed by atoms with E-state index < -0.39 is 53.4 Å². The lowest BCUT2D eigenvalue weighted by atomic mass is 10.1. The molecule has 12 rings (SSSR count). The third-order valence-corrected chi connectivity index (χ3v) is 18.4. The summed E-state index contributed by atoms with van der Waals surface area (Å²) in [7, 11) is -8.29. The van der Waals surface area contributed by atoms with Gasteiger partial charge in [0.25, 0.3) is 0 Å². The van der Waals surface area contributed by atoms with Gasteiger partial charge in [-0.2, -0.15) is 13.2 Å². The summed E-state index contributed by atoms with van der Waals surface area (Å²) in [5.74, 6) is 1.06. The van der Waals surface area contributed by atoms with Gasteiger partial charge in [-0.05, 0) is 132 Å². The molecule has 0 aliphatic heterocycles. The van der Waals surface area contributed by atoms with Crippen molar-refractivity contribution in [3.05, 3.63) is 252 Å². The second kappa shape index (κ2) is 26.2. The summed E-state index contributed by atoms with van der Waals surface area (Å²) in [6, 6.07) is 55.5. The summed E-state index contributed by atoms with van der Waals surface area (Å²) in [6.45, 7) is 0. The fraction of sp³-hybridized carbons (Fsp3) is 0.136. The van der Waals surface area contributed by atoms with Gasteiger partial charge >= 0.3 is 6.18 Å². The van der Waals surface area contributed by atoms with Gasteiger partial charge in [-0.25, -0.2) is 63.6 Å². The average Bonchev–Trinajstić information content (AvgIpc) is 1.89. The van der Waals surface area contributed by atoms with E-state index in [2.05, 4.69) is 42.0 Å². The minimum atomic E-state index is -4.35. The van der Waals surface area contributed by atoms with Gasteiger partial charge in [-0.3, -0.25) is 0 Å². The van der Waals surface area contributed by atoms with Crippen molar-refractivity contribution in [2.45, 2.75) is 59.4 Å². The standard InChI is InChI=1S/C24H22F3N3O2S.C21H17F2N3O2S.C21H19N3O2S/c1-30(2)33(31,32)22-6-4-3-5-19(22)17-10-13-20-21(15-17)29-23(28-20)14-9-16-7-11-18(12-8-16)24(25,26)27;22-15-9-13(10-16(23)12-15)5-8-21-25-18-7-6-14(11-19(18)26-21)17-3-1-2-4-20(17)29(24,27)28;22-27(25,26)20-9-5-4-8-17(20)16-11-12-18-19(14-16)24-21(23-18)13-10-15-6-2-1-3-7-15/h3-8,10-13,15H,9,14H2,1-2H3,(H,28,29);1-4,6-7,9-12H,5,8H2,(H,25,26)(H2,24,27,28);1-9,11-12,14H,10,13H2,(H,23,24)(H2,22,25,26). The molecule has 0 spiro atoms. The molecule has 12 aromatic rings. The second-order valence-electron chi connectivity index (χ2n) is 21.1. The van der Waals surface area contributed by atoms with Gasteiger partial charge in [-0.15, -0.1) is 0 Å². The first-order valence-corrected chi connectivity index (χ1v) is 32.3. The van der Waals surface area contributed by atoms with E-state index in [0.717, 1.165) is 81.1 Å². The number of nitrogens with two attached hydrogens (primary N) is 2. The van der Waals surface area contributed by atoms with E-state index in [1.54, 1.807) is 78.9 Å². The van der Waals surface area contributed by atoms with Gasteiger partial charge in [0.2, 0.25) is 30.1 Å². The highest BCUT2D eigenvalue weighted by atomic mass is 32.2. The molecule has 0 unspecified atom stereocenters. The third-order valence-electron chi connectivity index (χ3n) is 14.6. The molecule has 0 bridgehead atoms. The molecule has 0 fully saturated rings. The second-order valence-corrected chi connectivity index (χ2v) is 26.3. The summed E-state index contributed by atoms with van der Waals surface area (Å²) >= 11 is 0. The quantitative estimate of drug-likeness (QED) is 0.0577. The number of benzene rings is 9.